The number of methoxy groups -OCH3 is 1. The monoisotopic (exact) mass is 370 g/mol. The van der Waals surface area contributed by atoms with Crippen LogP contribution >= 0.6 is 0 Å². The summed E-state index contributed by atoms with van der Waals surface area (Å²) in [6.07, 6.45) is 0. The molecule has 0 atom stereocenters. The molecule has 2 aromatic carbocycles. The van der Waals surface area contributed by atoms with Gasteiger partial charge in [-0.05, 0) is 43.7 Å². The highest BCUT2D eigenvalue weighted by Gasteiger charge is 2.26. The summed E-state index contributed by atoms with van der Waals surface area (Å²) >= 11 is 0. The van der Waals surface area contributed by atoms with Crippen LogP contribution in [0.4, 0.5) is 4.39 Å². The molecule has 5 nitrogen and oxygen atoms in total. The quantitative estimate of drug-likeness (QED) is 0.834. The first-order valence-electron chi connectivity index (χ1n) is 8.90. The van der Waals surface area contributed by atoms with Gasteiger partial charge < -0.3 is 14.5 Å². The van der Waals surface area contributed by atoms with Crippen molar-refractivity contribution in [2.24, 2.45) is 0 Å². The Morgan fingerprint density at radius 1 is 0.926 bits per heavy atom. The van der Waals surface area contributed by atoms with Gasteiger partial charge in [-0.2, -0.15) is 0 Å². The zero-order valence-corrected chi connectivity index (χ0v) is 15.8. The lowest BCUT2D eigenvalue weighted by atomic mass is 10.0. The van der Waals surface area contributed by atoms with Gasteiger partial charge in [0.15, 0.2) is 11.6 Å². The summed E-state index contributed by atoms with van der Waals surface area (Å²) < 4.78 is 18.7. The van der Waals surface area contributed by atoms with Crippen LogP contribution in [0.2, 0.25) is 0 Å². The first kappa shape index (κ1) is 18.9. The number of halogens is 1. The van der Waals surface area contributed by atoms with Gasteiger partial charge in [-0.25, -0.2) is 4.39 Å². The van der Waals surface area contributed by atoms with Crippen LogP contribution in [-0.4, -0.2) is 54.9 Å². The van der Waals surface area contributed by atoms with Crippen LogP contribution in [0, 0.1) is 19.7 Å². The van der Waals surface area contributed by atoms with Crippen molar-refractivity contribution in [2.45, 2.75) is 13.8 Å². The fraction of sp³-hybridized carbons (Fsp3) is 0.333. The van der Waals surface area contributed by atoms with E-state index in [1.54, 1.807) is 15.9 Å². The number of aryl methyl sites for hydroxylation is 2. The number of piperazine rings is 1. The van der Waals surface area contributed by atoms with Crippen LogP contribution in [0.5, 0.6) is 5.75 Å². The molecule has 1 heterocycles. The number of carbonyl (C=O) groups excluding carboxylic acids is 2. The molecule has 2 amide bonds. The highest BCUT2D eigenvalue weighted by Crippen LogP contribution is 2.20. The van der Waals surface area contributed by atoms with E-state index in [-0.39, 0.29) is 23.1 Å². The lowest BCUT2D eigenvalue weighted by Crippen LogP contribution is -2.50. The zero-order valence-electron chi connectivity index (χ0n) is 15.8. The van der Waals surface area contributed by atoms with E-state index in [1.807, 2.05) is 32.0 Å². The molecule has 1 saturated heterocycles. The highest BCUT2D eigenvalue weighted by molar-refractivity contribution is 5.97. The smallest absolute Gasteiger partial charge is 0.254 e. The Labute approximate surface area is 158 Å². The van der Waals surface area contributed by atoms with Gasteiger partial charge in [-0.15, -0.1) is 0 Å². The predicted molar refractivity (Wildman–Crippen MR) is 101 cm³/mol. The number of benzene rings is 2. The molecule has 0 saturated carbocycles. The number of carbonyl (C=O) groups is 2. The lowest BCUT2D eigenvalue weighted by molar-refractivity contribution is 0.0534. The molecule has 0 aromatic heterocycles. The fourth-order valence-electron chi connectivity index (χ4n) is 3.23. The average Bonchev–Trinajstić information content (AvgIpc) is 2.68. The molecule has 0 spiro atoms. The van der Waals surface area contributed by atoms with E-state index >= 15 is 0 Å². The van der Waals surface area contributed by atoms with Gasteiger partial charge in [-0.1, -0.05) is 17.7 Å². The molecule has 6 heteroatoms. The van der Waals surface area contributed by atoms with Gasteiger partial charge >= 0.3 is 0 Å². The molecule has 0 N–H and O–H groups in total. The maximum atomic E-state index is 13.9. The van der Waals surface area contributed by atoms with Crippen LogP contribution in [0.15, 0.2) is 36.4 Å². The second-order valence-corrected chi connectivity index (χ2v) is 6.75. The van der Waals surface area contributed by atoms with Crippen LogP contribution in [0.1, 0.15) is 31.8 Å². The largest absolute Gasteiger partial charge is 0.494 e. The van der Waals surface area contributed by atoms with Gasteiger partial charge in [-0.3, -0.25) is 9.59 Å². The highest BCUT2D eigenvalue weighted by atomic mass is 19.1. The maximum absolute atomic E-state index is 13.9. The summed E-state index contributed by atoms with van der Waals surface area (Å²) in [6, 6.07) is 10.0. The van der Waals surface area contributed by atoms with E-state index < -0.39 is 5.82 Å². The van der Waals surface area contributed by atoms with Crippen LogP contribution in [-0.2, 0) is 0 Å². The van der Waals surface area contributed by atoms with Crippen molar-refractivity contribution in [3.8, 4) is 5.75 Å². The Kier molecular flexibility index (Phi) is 5.44. The number of hydrogen-bond donors (Lipinski definition) is 0. The van der Waals surface area contributed by atoms with Gasteiger partial charge in [0, 0.05) is 37.3 Å². The third kappa shape index (κ3) is 3.94. The molecule has 2 aromatic rings. The van der Waals surface area contributed by atoms with E-state index in [4.69, 9.17) is 4.74 Å². The third-order valence-electron chi connectivity index (χ3n) is 4.88. The van der Waals surface area contributed by atoms with Gasteiger partial charge in [0.2, 0.25) is 0 Å². The molecule has 0 bridgehead atoms. The van der Waals surface area contributed by atoms with Crippen molar-refractivity contribution < 1.29 is 18.7 Å². The second-order valence-electron chi connectivity index (χ2n) is 6.75. The van der Waals surface area contributed by atoms with Crippen molar-refractivity contribution in [1.29, 1.82) is 0 Å². The van der Waals surface area contributed by atoms with Gasteiger partial charge in [0.05, 0.1) is 7.11 Å². The van der Waals surface area contributed by atoms with Crippen molar-refractivity contribution in [3.05, 3.63) is 64.5 Å². The Balaban J connectivity index is 1.66. The first-order valence-corrected chi connectivity index (χ1v) is 8.90. The van der Waals surface area contributed by atoms with E-state index in [2.05, 4.69) is 0 Å². The molecule has 1 aliphatic heterocycles. The summed E-state index contributed by atoms with van der Waals surface area (Å²) in [7, 11) is 1.38. The normalized spacial score (nSPS) is 14.2. The van der Waals surface area contributed by atoms with Crippen molar-refractivity contribution >= 4 is 11.8 Å². The molecule has 1 fully saturated rings. The molecule has 1 aliphatic rings. The summed E-state index contributed by atoms with van der Waals surface area (Å²) in [6.45, 7) is 5.63. The standard InChI is InChI=1S/C21H23FN2O3/c1-14-4-5-15(2)17(12-14)21(26)24-10-8-23(9-11-24)20(25)16-6-7-19(27-3)18(22)13-16/h4-7,12-13H,8-11H2,1-3H3. The molecule has 0 radical (unpaired) electrons. The minimum Gasteiger partial charge on any atom is -0.494 e. The average molecular weight is 370 g/mol. The number of rotatable bonds is 3. The SMILES string of the molecule is COc1ccc(C(=O)N2CCN(C(=O)c3cc(C)ccc3C)CC2)cc1F. The van der Waals surface area contributed by atoms with E-state index in [0.717, 1.165) is 11.1 Å². The number of hydrogen-bond acceptors (Lipinski definition) is 3. The number of amides is 2. The van der Waals surface area contributed by atoms with Gasteiger partial charge in [0.25, 0.3) is 11.8 Å². The lowest BCUT2D eigenvalue weighted by Gasteiger charge is -2.35. The van der Waals surface area contributed by atoms with Crippen molar-refractivity contribution in [2.75, 3.05) is 33.3 Å². The molecule has 3 rings (SSSR count). The Morgan fingerprint density at radius 3 is 2.15 bits per heavy atom. The Hall–Kier alpha value is -2.89. The summed E-state index contributed by atoms with van der Waals surface area (Å²) in [5.74, 6) is -0.711. The number of nitrogens with zero attached hydrogens (tertiary/aromatic N) is 2. The Bertz CT molecular complexity index is 874. The zero-order chi connectivity index (χ0) is 19.6. The molecular formula is C21H23FN2O3. The molecule has 0 aliphatic carbocycles. The van der Waals surface area contributed by atoms with Crippen molar-refractivity contribution in [1.82, 2.24) is 9.80 Å². The minimum atomic E-state index is -0.563. The van der Waals surface area contributed by atoms with Crippen LogP contribution in [0.25, 0.3) is 0 Å². The molecule has 27 heavy (non-hydrogen) atoms. The summed E-state index contributed by atoms with van der Waals surface area (Å²) in [5, 5.41) is 0. The molecular weight excluding hydrogens is 347 g/mol. The molecule has 0 unspecified atom stereocenters. The first-order chi connectivity index (χ1) is 12.9. The van der Waals surface area contributed by atoms with Crippen LogP contribution in [0.3, 0.4) is 0 Å². The third-order valence-corrected chi connectivity index (χ3v) is 4.88. The topological polar surface area (TPSA) is 49.9 Å². The summed E-state index contributed by atoms with van der Waals surface area (Å²) in [4.78, 5) is 28.8. The van der Waals surface area contributed by atoms with E-state index in [1.165, 1.54) is 19.2 Å². The summed E-state index contributed by atoms with van der Waals surface area (Å²) in [5.41, 5.74) is 2.96. The number of ether oxygens (including phenoxy) is 1. The van der Waals surface area contributed by atoms with E-state index in [9.17, 15) is 14.0 Å². The van der Waals surface area contributed by atoms with Crippen LogP contribution < -0.4 is 4.74 Å². The van der Waals surface area contributed by atoms with Gasteiger partial charge in [0.1, 0.15) is 0 Å². The Morgan fingerprint density at radius 2 is 1.56 bits per heavy atom. The van der Waals surface area contributed by atoms with E-state index in [0.29, 0.717) is 31.7 Å². The fourth-order valence-corrected chi connectivity index (χ4v) is 3.23. The second kappa shape index (κ2) is 7.78. The molecule has 142 valence electrons. The van der Waals surface area contributed by atoms with Crippen molar-refractivity contribution in [3.63, 3.8) is 0 Å². The minimum absolute atomic E-state index is 0.0150. The maximum Gasteiger partial charge on any atom is 0.254 e. The predicted octanol–water partition coefficient (Wildman–Crippen LogP) is 3.05.